The Morgan fingerprint density at radius 1 is 1.10 bits per heavy atom. The number of nitrogens with zero attached hydrogens (tertiary/aromatic N) is 3. The highest BCUT2D eigenvalue weighted by Gasteiger charge is 2.13. The number of methoxy groups -OCH3 is 1. The van der Waals surface area contributed by atoms with E-state index in [0.29, 0.717) is 16.6 Å². The van der Waals surface area contributed by atoms with E-state index in [0.717, 1.165) is 16.9 Å². The van der Waals surface area contributed by atoms with Gasteiger partial charge in [0.1, 0.15) is 5.75 Å². The summed E-state index contributed by atoms with van der Waals surface area (Å²) >= 11 is 1.48. The summed E-state index contributed by atoms with van der Waals surface area (Å²) in [4.78, 5) is 10.8. The highest BCUT2D eigenvalue weighted by molar-refractivity contribution is 7.98. The van der Waals surface area contributed by atoms with Crippen LogP contribution in [0.15, 0.2) is 82.1 Å². The van der Waals surface area contributed by atoms with E-state index in [9.17, 15) is 8.42 Å². The van der Waals surface area contributed by atoms with Gasteiger partial charge in [-0.3, -0.25) is 0 Å². The molecule has 0 aliphatic heterocycles. The second-order valence-corrected chi connectivity index (χ2v) is 8.56. The Labute approximate surface area is 174 Å². The zero-order valence-electron chi connectivity index (χ0n) is 15.9. The van der Waals surface area contributed by atoms with Crippen LogP contribution in [0.25, 0.3) is 0 Å². The summed E-state index contributed by atoms with van der Waals surface area (Å²) in [6.07, 6.45) is 3.39. The number of rotatable bonds is 8. The van der Waals surface area contributed by atoms with E-state index >= 15 is 0 Å². The Balaban J connectivity index is 1.78. The van der Waals surface area contributed by atoms with Crippen molar-refractivity contribution in [1.29, 1.82) is 0 Å². The lowest BCUT2D eigenvalue weighted by atomic mass is 10.1. The summed E-state index contributed by atoms with van der Waals surface area (Å²) in [5, 5.41) is 4.73. The third-order valence-electron chi connectivity index (χ3n) is 3.98. The fourth-order valence-corrected chi connectivity index (χ4v) is 4.12. The maximum atomic E-state index is 12.3. The van der Waals surface area contributed by atoms with Gasteiger partial charge in [-0.1, -0.05) is 30.0 Å². The number of hydrogen-bond acceptors (Lipinski definition) is 7. The van der Waals surface area contributed by atoms with Crippen LogP contribution in [0.3, 0.4) is 0 Å². The molecule has 1 N–H and O–H groups in total. The van der Waals surface area contributed by atoms with E-state index in [4.69, 9.17) is 4.74 Å². The summed E-state index contributed by atoms with van der Waals surface area (Å²) in [6, 6.07) is 15.5. The van der Waals surface area contributed by atoms with Crippen molar-refractivity contribution in [3.63, 3.8) is 0 Å². The molecule has 2 aromatic carbocycles. The molecule has 7 nitrogen and oxygen atoms in total. The maximum Gasteiger partial charge on any atom is 0.276 e. The molecule has 1 aromatic heterocycles. The Morgan fingerprint density at radius 2 is 1.83 bits per heavy atom. The van der Waals surface area contributed by atoms with E-state index in [1.165, 1.54) is 23.9 Å². The molecular formula is C20H20N4O3S2. The van der Waals surface area contributed by atoms with E-state index in [-0.39, 0.29) is 4.90 Å². The Kier molecular flexibility index (Phi) is 6.84. The molecule has 0 aliphatic carbocycles. The molecule has 0 amide bonds. The van der Waals surface area contributed by atoms with Crippen LogP contribution in [-0.2, 0) is 15.8 Å². The summed E-state index contributed by atoms with van der Waals surface area (Å²) in [7, 11) is -2.11. The number of sulfonamides is 1. The zero-order valence-corrected chi connectivity index (χ0v) is 17.6. The predicted octanol–water partition coefficient (Wildman–Crippen LogP) is 3.48. The van der Waals surface area contributed by atoms with Crippen molar-refractivity contribution in [2.24, 2.45) is 5.10 Å². The lowest BCUT2D eigenvalue weighted by Crippen LogP contribution is -2.19. The molecule has 150 valence electrons. The second-order valence-electron chi connectivity index (χ2n) is 5.95. The number of hydrogen-bond donors (Lipinski definition) is 1. The number of aromatic nitrogens is 2. The summed E-state index contributed by atoms with van der Waals surface area (Å²) in [6.45, 7) is 1.74. The third-order valence-corrected chi connectivity index (χ3v) is 6.13. The van der Waals surface area contributed by atoms with Gasteiger partial charge < -0.3 is 4.74 Å². The number of hydrazone groups is 1. The van der Waals surface area contributed by atoms with Crippen LogP contribution in [0.2, 0.25) is 0 Å². The molecule has 1 heterocycles. The van der Waals surface area contributed by atoms with Gasteiger partial charge in [0.15, 0.2) is 5.16 Å². The molecule has 29 heavy (non-hydrogen) atoms. The van der Waals surface area contributed by atoms with Crippen LogP contribution < -0.4 is 9.57 Å². The molecule has 3 rings (SSSR count). The summed E-state index contributed by atoms with van der Waals surface area (Å²) in [5.74, 6) is 1.33. The van der Waals surface area contributed by atoms with Crippen molar-refractivity contribution < 1.29 is 13.2 Å². The Bertz CT molecular complexity index is 1090. The second kappa shape index (κ2) is 9.53. The summed E-state index contributed by atoms with van der Waals surface area (Å²) < 4.78 is 30.1. The summed E-state index contributed by atoms with van der Waals surface area (Å²) in [5.41, 5.74) is 2.25. The zero-order chi connectivity index (χ0) is 20.7. The largest absolute Gasteiger partial charge is 0.496 e. The van der Waals surface area contributed by atoms with Crippen molar-refractivity contribution >= 4 is 27.5 Å². The first-order chi connectivity index (χ1) is 14.0. The number of ether oxygens (including phenoxy) is 1. The van der Waals surface area contributed by atoms with Gasteiger partial charge in [-0.2, -0.15) is 18.4 Å². The topological polar surface area (TPSA) is 93.5 Å². The Morgan fingerprint density at radius 3 is 2.52 bits per heavy atom. The molecule has 0 saturated heterocycles. The van der Waals surface area contributed by atoms with Crippen LogP contribution in [0, 0.1) is 0 Å². The van der Waals surface area contributed by atoms with Gasteiger partial charge in [0.25, 0.3) is 10.0 Å². The van der Waals surface area contributed by atoms with Crippen molar-refractivity contribution in [2.45, 2.75) is 22.7 Å². The average Bonchev–Trinajstić information content (AvgIpc) is 2.77. The van der Waals surface area contributed by atoms with Gasteiger partial charge in [0, 0.05) is 23.7 Å². The van der Waals surface area contributed by atoms with Crippen LogP contribution in [0.1, 0.15) is 18.1 Å². The first kappa shape index (κ1) is 20.8. The highest BCUT2D eigenvalue weighted by Crippen LogP contribution is 2.27. The average molecular weight is 429 g/mol. The lowest BCUT2D eigenvalue weighted by molar-refractivity contribution is 0.411. The minimum atomic E-state index is -3.72. The predicted molar refractivity (Wildman–Crippen MR) is 114 cm³/mol. The van der Waals surface area contributed by atoms with E-state index < -0.39 is 10.0 Å². The van der Waals surface area contributed by atoms with Gasteiger partial charge in [-0.15, -0.1) is 0 Å². The lowest BCUT2D eigenvalue weighted by Gasteiger charge is -2.11. The van der Waals surface area contributed by atoms with Crippen molar-refractivity contribution in [3.8, 4) is 5.75 Å². The SMILES string of the molecule is COc1ccc(C(C)=NNS(=O)(=O)c2ccccc2)cc1CSc1ncccn1. The van der Waals surface area contributed by atoms with Crippen LogP contribution in [0.4, 0.5) is 0 Å². The molecule has 0 bridgehead atoms. The van der Waals surface area contributed by atoms with E-state index in [2.05, 4.69) is 19.9 Å². The number of nitrogens with one attached hydrogen (secondary N) is 1. The number of thioether (sulfide) groups is 1. The van der Waals surface area contributed by atoms with E-state index in [1.54, 1.807) is 50.7 Å². The van der Waals surface area contributed by atoms with Gasteiger partial charge in [-0.05, 0) is 48.9 Å². The van der Waals surface area contributed by atoms with E-state index in [1.807, 2.05) is 18.2 Å². The minimum Gasteiger partial charge on any atom is -0.496 e. The maximum absolute atomic E-state index is 12.3. The molecule has 0 atom stereocenters. The fraction of sp³-hybridized carbons (Fsp3) is 0.150. The van der Waals surface area contributed by atoms with Gasteiger partial charge in [-0.25, -0.2) is 9.97 Å². The molecule has 9 heteroatoms. The molecule has 3 aromatic rings. The molecule has 0 spiro atoms. The quantitative estimate of drug-likeness (QED) is 0.256. The fourth-order valence-electron chi connectivity index (χ4n) is 2.46. The molecular weight excluding hydrogens is 408 g/mol. The molecule has 0 aliphatic rings. The molecule has 0 radical (unpaired) electrons. The van der Waals surface area contributed by atoms with Crippen molar-refractivity contribution in [3.05, 3.63) is 78.1 Å². The normalized spacial score (nSPS) is 11.9. The first-order valence-electron chi connectivity index (χ1n) is 8.68. The first-order valence-corrected chi connectivity index (χ1v) is 11.1. The molecule has 0 unspecified atom stereocenters. The smallest absolute Gasteiger partial charge is 0.276 e. The molecule has 0 saturated carbocycles. The Hall–Kier alpha value is -2.91. The van der Waals surface area contributed by atoms with Gasteiger partial charge >= 0.3 is 0 Å². The minimum absolute atomic E-state index is 0.159. The van der Waals surface area contributed by atoms with Crippen LogP contribution >= 0.6 is 11.8 Å². The van der Waals surface area contributed by atoms with Crippen molar-refractivity contribution in [1.82, 2.24) is 14.8 Å². The van der Waals surface area contributed by atoms with Gasteiger partial charge in [0.05, 0.1) is 17.7 Å². The number of benzene rings is 2. The van der Waals surface area contributed by atoms with Crippen molar-refractivity contribution in [2.75, 3.05) is 7.11 Å². The monoisotopic (exact) mass is 428 g/mol. The standard InChI is InChI=1S/C20H20N4O3S2/c1-15(23-24-29(25,26)18-7-4-3-5-8-18)16-9-10-19(27-2)17(13-16)14-28-20-21-11-6-12-22-20/h3-13,24H,14H2,1-2H3. The third kappa shape index (κ3) is 5.55. The van der Waals surface area contributed by atoms with Crippen LogP contribution in [0.5, 0.6) is 5.75 Å². The van der Waals surface area contributed by atoms with Crippen LogP contribution in [-0.4, -0.2) is 31.2 Å². The highest BCUT2D eigenvalue weighted by atomic mass is 32.2. The molecule has 0 fully saturated rings. The van der Waals surface area contributed by atoms with Gasteiger partial charge in [0.2, 0.25) is 0 Å².